The molecule has 0 atom stereocenters. The monoisotopic (exact) mass is 346 g/mol. The zero-order valence-corrected chi connectivity index (χ0v) is 14.8. The molecule has 0 amide bonds. The van der Waals surface area contributed by atoms with Crippen molar-refractivity contribution in [1.82, 2.24) is 14.5 Å². The van der Waals surface area contributed by atoms with Gasteiger partial charge in [0.05, 0.1) is 5.70 Å². The van der Waals surface area contributed by atoms with E-state index >= 15 is 0 Å². The fraction of sp³-hybridized carbons (Fsp3) is 0.100. The summed E-state index contributed by atoms with van der Waals surface area (Å²) >= 11 is 1.64. The van der Waals surface area contributed by atoms with Crippen LogP contribution in [0.1, 0.15) is 16.8 Å². The van der Waals surface area contributed by atoms with Crippen LogP contribution in [-0.4, -0.2) is 14.5 Å². The standard InChI is InChI=1S/C20H18N4S/c1-14(18-12-22-19-17(18)9-6-10-21-19)23-20-24(2)16(13-25-20)11-15-7-4-3-5-8-15/h3-10,12-13H,1,11H2,2H3,(H,21,22). The van der Waals surface area contributed by atoms with E-state index in [1.165, 1.54) is 11.3 Å². The largest absolute Gasteiger partial charge is 0.345 e. The lowest BCUT2D eigenvalue weighted by Gasteiger charge is -2.03. The Bertz CT molecular complexity index is 1100. The van der Waals surface area contributed by atoms with Crippen molar-refractivity contribution >= 4 is 28.1 Å². The summed E-state index contributed by atoms with van der Waals surface area (Å²) in [5.41, 5.74) is 5.12. The average molecular weight is 346 g/mol. The van der Waals surface area contributed by atoms with Crippen molar-refractivity contribution < 1.29 is 0 Å². The summed E-state index contributed by atoms with van der Waals surface area (Å²) in [6.07, 6.45) is 4.59. The maximum absolute atomic E-state index is 4.75. The van der Waals surface area contributed by atoms with Gasteiger partial charge in [-0.2, -0.15) is 0 Å². The van der Waals surface area contributed by atoms with Crippen LogP contribution < -0.4 is 4.80 Å². The van der Waals surface area contributed by atoms with Crippen molar-refractivity contribution in [3.8, 4) is 0 Å². The van der Waals surface area contributed by atoms with Gasteiger partial charge in [-0.15, -0.1) is 11.3 Å². The summed E-state index contributed by atoms with van der Waals surface area (Å²) in [6, 6.07) is 14.4. The van der Waals surface area contributed by atoms with Gasteiger partial charge in [0, 0.05) is 47.9 Å². The average Bonchev–Trinajstić information content (AvgIpc) is 3.21. The molecule has 0 aliphatic rings. The number of aromatic nitrogens is 3. The summed E-state index contributed by atoms with van der Waals surface area (Å²) in [6.45, 7) is 4.16. The van der Waals surface area contributed by atoms with Crippen molar-refractivity contribution in [2.24, 2.45) is 12.0 Å². The molecule has 25 heavy (non-hydrogen) atoms. The molecule has 0 spiro atoms. The SMILES string of the molecule is C=C(N=c1scc(Cc2ccccc2)n1C)c1c[nH]c2ncccc12. The van der Waals surface area contributed by atoms with Gasteiger partial charge in [0.25, 0.3) is 0 Å². The number of benzene rings is 1. The van der Waals surface area contributed by atoms with Crippen LogP contribution in [0.5, 0.6) is 0 Å². The van der Waals surface area contributed by atoms with Gasteiger partial charge in [-0.25, -0.2) is 9.98 Å². The van der Waals surface area contributed by atoms with Gasteiger partial charge in [-0.1, -0.05) is 36.9 Å². The number of hydrogen-bond acceptors (Lipinski definition) is 3. The Morgan fingerprint density at radius 3 is 2.92 bits per heavy atom. The first-order valence-corrected chi connectivity index (χ1v) is 8.94. The molecule has 4 aromatic rings. The molecular weight excluding hydrogens is 328 g/mol. The first kappa shape index (κ1) is 15.6. The Morgan fingerprint density at radius 2 is 2.08 bits per heavy atom. The van der Waals surface area contributed by atoms with Gasteiger partial charge in [0.2, 0.25) is 0 Å². The number of pyridine rings is 1. The molecular formula is C20H18N4S. The fourth-order valence-corrected chi connectivity index (χ4v) is 3.76. The van der Waals surface area contributed by atoms with E-state index in [1.807, 2.05) is 24.4 Å². The highest BCUT2D eigenvalue weighted by atomic mass is 32.1. The van der Waals surface area contributed by atoms with Gasteiger partial charge in [-0.05, 0) is 17.7 Å². The van der Waals surface area contributed by atoms with Gasteiger partial charge in [0.15, 0.2) is 4.80 Å². The highest BCUT2D eigenvalue weighted by molar-refractivity contribution is 7.07. The second kappa shape index (κ2) is 6.53. The second-order valence-electron chi connectivity index (χ2n) is 5.89. The molecule has 0 unspecified atom stereocenters. The number of nitrogens with zero attached hydrogens (tertiary/aromatic N) is 3. The molecule has 1 aromatic carbocycles. The molecule has 0 aliphatic heterocycles. The number of hydrogen-bond donors (Lipinski definition) is 1. The summed E-state index contributed by atoms with van der Waals surface area (Å²) in [4.78, 5) is 13.2. The molecule has 0 saturated carbocycles. The lowest BCUT2D eigenvalue weighted by atomic mass is 10.1. The first-order chi connectivity index (χ1) is 12.2. The molecule has 0 saturated heterocycles. The van der Waals surface area contributed by atoms with Crippen LogP contribution >= 0.6 is 11.3 Å². The van der Waals surface area contributed by atoms with Crippen molar-refractivity contribution in [1.29, 1.82) is 0 Å². The van der Waals surface area contributed by atoms with E-state index in [1.54, 1.807) is 17.5 Å². The van der Waals surface area contributed by atoms with Gasteiger partial charge < -0.3 is 9.55 Å². The minimum atomic E-state index is 0.739. The van der Waals surface area contributed by atoms with Crippen LogP contribution in [0.2, 0.25) is 0 Å². The maximum atomic E-state index is 4.75. The Morgan fingerprint density at radius 1 is 1.24 bits per heavy atom. The molecule has 124 valence electrons. The van der Waals surface area contributed by atoms with E-state index < -0.39 is 0 Å². The first-order valence-electron chi connectivity index (χ1n) is 8.06. The summed E-state index contributed by atoms with van der Waals surface area (Å²) in [5, 5.41) is 3.20. The van der Waals surface area contributed by atoms with E-state index in [-0.39, 0.29) is 0 Å². The number of aromatic amines is 1. The molecule has 3 heterocycles. The minimum absolute atomic E-state index is 0.739. The molecule has 5 heteroatoms. The molecule has 4 nitrogen and oxygen atoms in total. The molecule has 1 N–H and O–H groups in total. The Hall–Kier alpha value is -2.92. The third kappa shape index (κ3) is 3.06. The van der Waals surface area contributed by atoms with Crippen LogP contribution in [0.15, 0.2) is 71.8 Å². The summed E-state index contributed by atoms with van der Waals surface area (Å²) < 4.78 is 2.13. The van der Waals surface area contributed by atoms with Crippen molar-refractivity contribution in [2.45, 2.75) is 6.42 Å². The molecule has 3 aromatic heterocycles. The van der Waals surface area contributed by atoms with E-state index in [0.29, 0.717) is 0 Å². The third-order valence-electron chi connectivity index (χ3n) is 4.24. The number of fused-ring (bicyclic) bond motifs is 1. The van der Waals surface area contributed by atoms with Crippen LogP contribution in [0.4, 0.5) is 0 Å². The Kier molecular flexibility index (Phi) is 4.07. The second-order valence-corrected chi connectivity index (χ2v) is 6.73. The smallest absolute Gasteiger partial charge is 0.189 e. The highest BCUT2D eigenvalue weighted by Crippen LogP contribution is 2.23. The Balaban J connectivity index is 1.67. The third-order valence-corrected chi connectivity index (χ3v) is 5.20. The van der Waals surface area contributed by atoms with Crippen LogP contribution in [0, 0.1) is 0 Å². The van der Waals surface area contributed by atoms with Crippen LogP contribution in [-0.2, 0) is 13.5 Å². The zero-order chi connectivity index (χ0) is 17.2. The van der Waals surface area contributed by atoms with Crippen molar-refractivity contribution in [2.75, 3.05) is 0 Å². The maximum Gasteiger partial charge on any atom is 0.189 e. The van der Waals surface area contributed by atoms with E-state index in [2.05, 4.69) is 57.8 Å². The highest BCUT2D eigenvalue weighted by Gasteiger charge is 2.08. The van der Waals surface area contributed by atoms with Gasteiger partial charge >= 0.3 is 0 Å². The lowest BCUT2D eigenvalue weighted by Crippen LogP contribution is -2.13. The number of nitrogens with one attached hydrogen (secondary N) is 1. The van der Waals surface area contributed by atoms with E-state index in [4.69, 9.17) is 4.99 Å². The molecule has 0 fully saturated rings. The predicted octanol–water partition coefficient (Wildman–Crippen LogP) is 4.13. The van der Waals surface area contributed by atoms with Crippen LogP contribution in [0.3, 0.4) is 0 Å². The zero-order valence-electron chi connectivity index (χ0n) is 13.9. The molecule has 0 radical (unpaired) electrons. The predicted molar refractivity (Wildman–Crippen MR) is 103 cm³/mol. The van der Waals surface area contributed by atoms with E-state index in [9.17, 15) is 0 Å². The summed E-state index contributed by atoms with van der Waals surface area (Å²) in [7, 11) is 2.05. The van der Waals surface area contributed by atoms with Crippen LogP contribution in [0.25, 0.3) is 16.7 Å². The summed E-state index contributed by atoms with van der Waals surface area (Å²) in [5.74, 6) is 0. The molecule has 4 rings (SSSR count). The number of thiazole rings is 1. The van der Waals surface area contributed by atoms with Gasteiger partial charge in [-0.3, -0.25) is 0 Å². The van der Waals surface area contributed by atoms with Crippen molar-refractivity contribution in [3.63, 3.8) is 0 Å². The van der Waals surface area contributed by atoms with Crippen molar-refractivity contribution in [3.05, 3.63) is 88.4 Å². The van der Waals surface area contributed by atoms with E-state index in [0.717, 1.165) is 33.5 Å². The quantitative estimate of drug-likeness (QED) is 0.593. The number of rotatable bonds is 4. The van der Waals surface area contributed by atoms with Gasteiger partial charge in [0.1, 0.15) is 5.65 Å². The molecule has 0 bridgehead atoms. The Labute approximate surface area is 149 Å². The topological polar surface area (TPSA) is 46.0 Å². The molecule has 0 aliphatic carbocycles. The number of H-pyrrole nitrogens is 1. The normalized spacial score (nSPS) is 12.0. The lowest BCUT2D eigenvalue weighted by molar-refractivity contribution is 0.810. The minimum Gasteiger partial charge on any atom is -0.345 e. The fourth-order valence-electron chi connectivity index (χ4n) is 2.84.